The summed E-state index contributed by atoms with van der Waals surface area (Å²) in [5, 5.41) is 11.0. The maximum absolute atomic E-state index is 13.0. The third kappa shape index (κ3) is 4.46. The summed E-state index contributed by atoms with van der Waals surface area (Å²) in [6, 6.07) is 24.3. The molecule has 3 aromatic carbocycles. The lowest BCUT2D eigenvalue weighted by Gasteiger charge is -2.12. The lowest BCUT2D eigenvalue weighted by atomic mass is 10.0. The second kappa shape index (κ2) is 8.19. The zero-order valence-corrected chi connectivity index (χ0v) is 16.8. The minimum Gasteiger partial charge on any atom is -0.267 e. The van der Waals surface area contributed by atoms with Gasteiger partial charge in [0, 0.05) is 17.5 Å². The summed E-state index contributed by atoms with van der Waals surface area (Å²) in [5.74, 6) is 0. The predicted octanol–water partition coefficient (Wildman–Crippen LogP) is 2.40. The second-order valence-electron chi connectivity index (χ2n) is 6.91. The van der Waals surface area contributed by atoms with Crippen LogP contribution in [0.2, 0.25) is 0 Å². The molecule has 0 saturated heterocycles. The van der Waals surface area contributed by atoms with Crippen LogP contribution in [-0.4, -0.2) is 18.2 Å². The van der Waals surface area contributed by atoms with Crippen LogP contribution in [-0.2, 0) is 23.3 Å². The Morgan fingerprint density at radius 1 is 0.867 bits per heavy atom. The van der Waals surface area contributed by atoms with E-state index >= 15 is 0 Å². The van der Waals surface area contributed by atoms with Gasteiger partial charge < -0.3 is 0 Å². The average Bonchev–Trinajstić information content (AvgIpc) is 2.75. The third-order valence-electron chi connectivity index (χ3n) is 4.72. The van der Waals surface area contributed by atoms with Crippen LogP contribution in [0, 0.1) is 0 Å². The molecule has 0 unspecified atom stereocenters. The van der Waals surface area contributed by atoms with Crippen molar-refractivity contribution in [3.8, 4) is 11.3 Å². The van der Waals surface area contributed by atoms with Gasteiger partial charge in [-0.25, -0.2) is 9.82 Å². The molecule has 0 aliphatic heterocycles. The molecule has 0 spiro atoms. The Morgan fingerprint density at radius 3 is 2.27 bits per heavy atom. The Kier molecular flexibility index (Phi) is 5.45. The van der Waals surface area contributed by atoms with Crippen LogP contribution in [0.4, 0.5) is 0 Å². The first kappa shape index (κ1) is 20.0. The zero-order valence-electron chi connectivity index (χ0n) is 16.0. The van der Waals surface area contributed by atoms with Crippen LogP contribution in [0.25, 0.3) is 22.0 Å². The van der Waals surface area contributed by atoms with Gasteiger partial charge in [0.05, 0.1) is 17.6 Å². The van der Waals surface area contributed by atoms with Gasteiger partial charge in [-0.15, -0.1) is 0 Å². The number of hydrogen-bond donors (Lipinski definition) is 2. The van der Waals surface area contributed by atoms with Crippen molar-refractivity contribution in [1.82, 2.24) is 14.5 Å². The number of nitrogens with zero attached hydrogens (tertiary/aromatic N) is 2. The van der Waals surface area contributed by atoms with Crippen LogP contribution >= 0.6 is 0 Å². The van der Waals surface area contributed by atoms with E-state index in [0.29, 0.717) is 17.6 Å². The summed E-state index contributed by atoms with van der Waals surface area (Å²) in [5.41, 5.74) is 2.97. The molecule has 0 aliphatic carbocycles. The maximum Gasteiger partial charge on any atom is 0.274 e. The molecule has 1 heterocycles. The van der Waals surface area contributed by atoms with Crippen molar-refractivity contribution in [1.29, 1.82) is 0 Å². The Labute approximate surface area is 174 Å². The van der Waals surface area contributed by atoms with Gasteiger partial charge in [0.1, 0.15) is 0 Å². The van der Waals surface area contributed by atoms with E-state index in [1.54, 1.807) is 12.1 Å². The standard InChI is InChI=1S/C22H20N4O3S/c23-30(28,29)24-14-17-9-6-10-18(13-17)21-19-11-4-5-12-20(19)22(27)26(25-21)15-16-7-2-1-3-8-16/h1-13,24H,14-15H2,(H2,23,28,29). The van der Waals surface area contributed by atoms with E-state index in [9.17, 15) is 13.2 Å². The quantitative estimate of drug-likeness (QED) is 0.499. The molecular weight excluding hydrogens is 400 g/mol. The summed E-state index contributed by atoms with van der Waals surface area (Å²) >= 11 is 0. The van der Waals surface area contributed by atoms with E-state index in [0.717, 1.165) is 22.1 Å². The molecule has 0 saturated carbocycles. The van der Waals surface area contributed by atoms with Gasteiger partial charge in [-0.05, 0) is 23.3 Å². The normalized spacial score (nSPS) is 11.6. The summed E-state index contributed by atoms with van der Waals surface area (Å²) in [6.07, 6.45) is 0. The number of nitrogens with two attached hydrogens (primary N) is 1. The molecule has 0 radical (unpaired) electrons. The fourth-order valence-electron chi connectivity index (χ4n) is 3.32. The van der Waals surface area contributed by atoms with Crippen LogP contribution < -0.4 is 15.4 Å². The van der Waals surface area contributed by atoms with Crippen molar-refractivity contribution in [3.63, 3.8) is 0 Å². The molecule has 0 amide bonds. The summed E-state index contributed by atoms with van der Waals surface area (Å²) in [6.45, 7) is 0.415. The first-order chi connectivity index (χ1) is 14.4. The highest BCUT2D eigenvalue weighted by atomic mass is 32.2. The molecule has 30 heavy (non-hydrogen) atoms. The van der Waals surface area contributed by atoms with E-state index in [2.05, 4.69) is 9.82 Å². The fourth-order valence-corrected chi connectivity index (χ4v) is 3.69. The Morgan fingerprint density at radius 2 is 1.53 bits per heavy atom. The molecular formula is C22H20N4O3S. The molecule has 7 nitrogen and oxygen atoms in total. The summed E-state index contributed by atoms with van der Waals surface area (Å²) < 4.78 is 26.2. The number of rotatable bonds is 6. The number of aromatic nitrogens is 2. The van der Waals surface area contributed by atoms with Gasteiger partial charge >= 0.3 is 0 Å². The summed E-state index contributed by atoms with van der Waals surface area (Å²) in [7, 11) is -3.79. The monoisotopic (exact) mass is 420 g/mol. The van der Waals surface area contributed by atoms with Crippen molar-refractivity contribution >= 4 is 21.0 Å². The molecule has 0 fully saturated rings. The Hall–Kier alpha value is -3.33. The van der Waals surface area contributed by atoms with Gasteiger partial charge in [0.15, 0.2) is 0 Å². The van der Waals surface area contributed by atoms with E-state index in [1.807, 2.05) is 66.7 Å². The molecule has 1 aromatic heterocycles. The Bertz CT molecular complexity index is 1370. The van der Waals surface area contributed by atoms with E-state index in [4.69, 9.17) is 5.14 Å². The first-order valence-electron chi connectivity index (χ1n) is 9.31. The molecule has 152 valence electrons. The topological polar surface area (TPSA) is 107 Å². The molecule has 0 atom stereocenters. The van der Waals surface area contributed by atoms with Gasteiger partial charge in [0.25, 0.3) is 15.8 Å². The largest absolute Gasteiger partial charge is 0.274 e. The molecule has 3 N–H and O–H groups in total. The minimum atomic E-state index is -3.79. The lowest BCUT2D eigenvalue weighted by Crippen LogP contribution is -2.30. The van der Waals surface area contributed by atoms with E-state index in [1.165, 1.54) is 4.68 Å². The van der Waals surface area contributed by atoms with Gasteiger partial charge in [-0.1, -0.05) is 66.7 Å². The Balaban J connectivity index is 1.82. The molecule has 0 aliphatic rings. The van der Waals surface area contributed by atoms with Crippen molar-refractivity contribution in [2.75, 3.05) is 0 Å². The third-order valence-corrected chi connectivity index (χ3v) is 5.27. The van der Waals surface area contributed by atoms with Crippen molar-refractivity contribution < 1.29 is 8.42 Å². The van der Waals surface area contributed by atoms with Crippen LogP contribution in [0.3, 0.4) is 0 Å². The fraction of sp³-hybridized carbons (Fsp3) is 0.0909. The lowest BCUT2D eigenvalue weighted by molar-refractivity contribution is 0.583. The van der Waals surface area contributed by atoms with E-state index < -0.39 is 10.2 Å². The predicted molar refractivity (Wildman–Crippen MR) is 117 cm³/mol. The van der Waals surface area contributed by atoms with Crippen molar-refractivity contribution in [2.24, 2.45) is 5.14 Å². The first-order valence-corrected chi connectivity index (χ1v) is 10.9. The molecule has 4 rings (SSSR count). The van der Waals surface area contributed by atoms with Crippen molar-refractivity contribution in [2.45, 2.75) is 13.1 Å². The molecule has 4 aromatic rings. The molecule has 0 bridgehead atoms. The minimum absolute atomic E-state index is 0.0638. The van der Waals surface area contributed by atoms with Gasteiger partial charge in [0.2, 0.25) is 0 Å². The smallest absolute Gasteiger partial charge is 0.267 e. The number of hydrogen-bond acceptors (Lipinski definition) is 4. The maximum atomic E-state index is 13.0. The van der Waals surface area contributed by atoms with Gasteiger partial charge in [-0.3, -0.25) is 4.79 Å². The number of fused-ring (bicyclic) bond motifs is 1. The zero-order chi connectivity index (χ0) is 21.1. The number of benzene rings is 3. The highest BCUT2D eigenvalue weighted by Gasteiger charge is 2.13. The van der Waals surface area contributed by atoms with Crippen LogP contribution in [0.15, 0.2) is 83.7 Å². The second-order valence-corrected chi connectivity index (χ2v) is 8.29. The highest BCUT2D eigenvalue weighted by Crippen LogP contribution is 2.25. The van der Waals surface area contributed by atoms with E-state index in [-0.39, 0.29) is 12.1 Å². The van der Waals surface area contributed by atoms with Crippen LogP contribution in [0.1, 0.15) is 11.1 Å². The number of nitrogens with one attached hydrogen (secondary N) is 1. The summed E-state index contributed by atoms with van der Waals surface area (Å²) in [4.78, 5) is 13.0. The molecule has 8 heteroatoms. The van der Waals surface area contributed by atoms with Crippen LogP contribution in [0.5, 0.6) is 0 Å². The van der Waals surface area contributed by atoms with Gasteiger partial charge in [-0.2, -0.15) is 18.2 Å². The average molecular weight is 420 g/mol. The van der Waals surface area contributed by atoms with Crippen molar-refractivity contribution in [3.05, 3.63) is 100 Å². The SMILES string of the molecule is NS(=O)(=O)NCc1cccc(-c2nn(Cc3ccccc3)c(=O)c3ccccc23)c1. The highest BCUT2D eigenvalue weighted by molar-refractivity contribution is 7.87.